The summed E-state index contributed by atoms with van der Waals surface area (Å²) in [5.41, 5.74) is 4.02. The molecule has 94 valence electrons. The maximum atomic E-state index is 4.53. The number of anilines is 1. The fourth-order valence-electron chi connectivity index (χ4n) is 2.96. The van der Waals surface area contributed by atoms with Crippen molar-refractivity contribution in [1.82, 2.24) is 9.55 Å². The van der Waals surface area contributed by atoms with Crippen molar-refractivity contribution in [3.05, 3.63) is 47.3 Å². The third-order valence-corrected chi connectivity index (χ3v) is 3.75. The quantitative estimate of drug-likeness (QED) is 0.875. The van der Waals surface area contributed by atoms with Gasteiger partial charge in [-0.2, -0.15) is 0 Å². The molecular formula is C15H19N3. The number of benzene rings is 1. The van der Waals surface area contributed by atoms with Gasteiger partial charge in [0.05, 0.1) is 11.7 Å². The van der Waals surface area contributed by atoms with Crippen molar-refractivity contribution < 1.29 is 0 Å². The summed E-state index contributed by atoms with van der Waals surface area (Å²) < 4.78 is 2.29. The van der Waals surface area contributed by atoms with E-state index in [1.54, 1.807) is 0 Å². The molecule has 0 spiro atoms. The number of fused-ring (bicyclic) bond motifs is 1. The molecule has 1 aliphatic rings. The predicted octanol–water partition coefficient (Wildman–Crippen LogP) is 3.16. The molecule has 1 unspecified atom stereocenters. The Kier molecular flexibility index (Phi) is 2.82. The minimum absolute atomic E-state index is 0.429. The van der Waals surface area contributed by atoms with Crippen molar-refractivity contribution in [2.45, 2.75) is 32.2 Å². The molecule has 0 saturated heterocycles. The van der Waals surface area contributed by atoms with Crippen LogP contribution < -0.4 is 5.32 Å². The maximum Gasteiger partial charge on any atom is 0.203 e. The fraction of sp³-hybridized carbons (Fsp3) is 0.400. The molecule has 1 heterocycles. The van der Waals surface area contributed by atoms with E-state index in [-0.39, 0.29) is 0 Å². The molecule has 0 bridgehead atoms. The molecule has 1 atom stereocenters. The number of nitrogens with one attached hydrogen (secondary N) is 1. The number of hydrogen-bond acceptors (Lipinski definition) is 2. The van der Waals surface area contributed by atoms with Gasteiger partial charge in [0.2, 0.25) is 5.95 Å². The molecule has 1 aromatic carbocycles. The summed E-state index contributed by atoms with van der Waals surface area (Å²) in [6, 6.07) is 9.22. The van der Waals surface area contributed by atoms with Gasteiger partial charge in [0.25, 0.3) is 0 Å². The highest BCUT2D eigenvalue weighted by Crippen LogP contribution is 2.34. The first-order chi connectivity index (χ1) is 8.79. The van der Waals surface area contributed by atoms with Crippen molar-refractivity contribution >= 4 is 5.95 Å². The van der Waals surface area contributed by atoms with Gasteiger partial charge in [-0.1, -0.05) is 24.3 Å². The first kappa shape index (κ1) is 11.3. The fourth-order valence-corrected chi connectivity index (χ4v) is 2.96. The monoisotopic (exact) mass is 241 g/mol. The first-order valence-electron chi connectivity index (χ1n) is 6.60. The average molecular weight is 241 g/mol. The Morgan fingerprint density at radius 2 is 2.17 bits per heavy atom. The Morgan fingerprint density at radius 1 is 1.33 bits per heavy atom. The molecule has 3 rings (SSSR count). The standard InChI is InChI=1S/C15H19N3/c1-11-10-18(15(16-2)17-11)14-9-5-7-12-6-3-4-8-13(12)14/h3-4,6,8,10,14H,5,7,9H2,1-2H3,(H,16,17). The summed E-state index contributed by atoms with van der Waals surface area (Å²) >= 11 is 0. The lowest BCUT2D eigenvalue weighted by Gasteiger charge is -2.27. The Morgan fingerprint density at radius 3 is 3.00 bits per heavy atom. The van der Waals surface area contributed by atoms with Crippen LogP contribution in [0.25, 0.3) is 0 Å². The second-order valence-corrected chi connectivity index (χ2v) is 4.97. The number of hydrogen-bond donors (Lipinski definition) is 1. The van der Waals surface area contributed by atoms with E-state index in [4.69, 9.17) is 0 Å². The normalized spacial score (nSPS) is 18.4. The van der Waals surface area contributed by atoms with E-state index < -0.39 is 0 Å². The molecule has 0 radical (unpaired) electrons. The number of aromatic nitrogens is 2. The van der Waals surface area contributed by atoms with Gasteiger partial charge in [0.15, 0.2) is 0 Å². The summed E-state index contributed by atoms with van der Waals surface area (Å²) in [6.45, 7) is 2.05. The molecule has 0 fully saturated rings. The number of imidazole rings is 1. The minimum atomic E-state index is 0.429. The Bertz CT molecular complexity index is 557. The van der Waals surface area contributed by atoms with Crippen LogP contribution in [0.15, 0.2) is 30.5 Å². The van der Waals surface area contributed by atoms with Gasteiger partial charge in [0.1, 0.15) is 0 Å². The molecule has 1 aliphatic carbocycles. The summed E-state index contributed by atoms with van der Waals surface area (Å²) in [7, 11) is 1.94. The van der Waals surface area contributed by atoms with Gasteiger partial charge in [-0.15, -0.1) is 0 Å². The molecule has 1 N–H and O–H groups in total. The van der Waals surface area contributed by atoms with E-state index in [1.165, 1.54) is 30.4 Å². The topological polar surface area (TPSA) is 29.9 Å². The summed E-state index contributed by atoms with van der Waals surface area (Å²) in [6.07, 6.45) is 5.80. The zero-order valence-corrected chi connectivity index (χ0v) is 11.0. The maximum absolute atomic E-state index is 4.53. The van der Waals surface area contributed by atoms with Crippen molar-refractivity contribution in [2.24, 2.45) is 0 Å². The van der Waals surface area contributed by atoms with Crippen molar-refractivity contribution in [1.29, 1.82) is 0 Å². The van der Waals surface area contributed by atoms with Gasteiger partial charge >= 0.3 is 0 Å². The van der Waals surface area contributed by atoms with E-state index in [2.05, 4.69) is 45.3 Å². The second kappa shape index (κ2) is 4.48. The van der Waals surface area contributed by atoms with Gasteiger partial charge in [-0.3, -0.25) is 0 Å². The second-order valence-electron chi connectivity index (χ2n) is 4.97. The lowest BCUT2D eigenvalue weighted by Crippen LogP contribution is -2.18. The lowest BCUT2D eigenvalue weighted by atomic mass is 9.87. The zero-order chi connectivity index (χ0) is 12.5. The van der Waals surface area contributed by atoms with Crippen molar-refractivity contribution in [3.8, 4) is 0 Å². The van der Waals surface area contributed by atoms with Crippen LogP contribution in [0.5, 0.6) is 0 Å². The highest BCUT2D eigenvalue weighted by atomic mass is 15.2. The van der Waals surface area contributed by atoms with Crippen LogP contribution >= 0.6 is 0 Å². The third-order valence-electron chi connectivity index (χ3n) is 3.75. The molecule has 2 aromatic rings. The molecule has 1 aromatic heterocycles. The molecular weight excluding hydrogens is 222 g/mol. The highest BCUT2D eigenvalue weighted by molar-refractivity contribution is 5.37. The van der Waals surface area contributed by atoms with Crippen LogP contribution in [0.4, 0.5) is 5.95 Å². The van der Waals surface area contributed by atoms with Gasteiger partial charge in [-0.25, -0.2) is 4.98 Å². The molecule has 0 saturated carbocycles. The third kappa shape index (κ3) is 1.80. The Hall–Kier alpha value is -1.77. The molecule has 0 aliphatic heterocycles. The van der Waals surface area contributed by atoms with Crippen LogP contribution in [0.1, 0.15) is 35.7 Å². The van der Waals surface area contributed by atoms with Crippen molar-refractivity contribution in [3.63, 3.8) is 0 Å². The van der Waals surface area contributed by atoms with Gasteiger partial charge in [0, 0.05) is 13.2 Å². The Labute approximate surface area is 108 Å². The summed E-state index contributed by atoms with van der Waals surface area (Å²) in [5.74, 6) is 0.967. The van der Waals surface area contributed by atoms with E-state index in [1.807, 2.05) is 14.0 Å². The van der Waals surface area contributed by atoms with E-state index in [0.717, 1.165) is 11.6 Å². The van der Waals surface area contributed by atoms with Crippen LogP contribution in [-0.2, 0) is 6.42 Å². The summed E-state index contributed by atoms with van der Waals surface area (Å²) in [5, 5.41) is 3.20. The summed E-state index contributed by atoms with van der Waals surface area (Å²) in [4.78, 5) is 4.53. The smallest absolute Gasteiger partial charge is 0.203 e. The average Bonchev–Trinajstić information content (AvgIpc) is 2.79. The SMILES string of the molecule is CNc1nc(C)cn1C1CCCc2ccccc21. The largest absolute Gasteiger partial charge is 0.359 e. The van der Waals surface area contributed by atoms with E-state index >= 15 is 0 Å². The van der Waals surface area contributed by atoms with Crippen LogP contribution in [-0.4, -0.2) is 16.6 Å². The number of aryl methyl sites for hydroxylation is 2. The minimum Gasteiger partial charge on any atom is -0.359 e. The van der Waals surface area contributed by atoms with E-state index in [9.17, 15) is 0 Å². The molecule has 0 amide bonds. The number of rotatable bonds is 2. The highest BCUT2D eigenvalue weighted by Gasteiger charge is 2.23. The van der Waals surface area contributed by atoms with Gasteiger partial charge < -0.3 is 9.88 Å². The van der Waals surface area contributed by atoms with E-state index in [0.29, 0.717) is 6.04 Å². The number of nitrogens with zero attached hydrogens (tertiary/aromatic N) is 2. The van der Waals surface area contributed by atoms with Crippen LogP contribution in [0.2, 0.25) is 0 Å². The lowest BCUT2D eigenvalue weighted by molar-refractivity contribution is 0.493. The predicted molar refractivity (Wildman–Crippen MR) is 74.0 cm³/mol. The molecule has 3 heteroatoms. The molecule has 3 nitrogen and oxygen atoms in total. The van der Waals surface area contributed by atoms with Crippen LogP contribution in [0, 0.1) is 6.92 Å². The van der Waals surface area contributed by atoms with Gasteiger partial charge in [-0.05, 0) is 37.3 Å². The Balaban J connectivity index is 2.08. The van der Waals surface area contributed by atoms with Crippen molar-refractivity contribution in [2.75, 3.05) is 12.4 Å². The first-order valence-corrected chi connectivity index (χ1v) is 6.60. The van der Waals surface area contributed by atoms with Crippen LogP contribution in [0.3, 0.4) is 0 Å². The molecule has 18 heavy (non-hydrogen) atoms. The zero-order valence-electron chi connectivity index (χ0n) is 11.0.